The Kier molecular flexibility index (Phi) is 4.01. The van der Waals surface area contributed by atoms with E-state index in [0.717, 1.165) is 12.1 Å². The first-order chi connectivity index (χ1) is 10.3. The number of hydrogen-bond donors (Lipinski definition) is 1. The number of halogens is 2. The SMILES string of the molecule is Cl.Fc1ccc(C2NCc3ccccc3-n3cccc32)cc1. The number of fused-ring (bicyclic) bond motifs is 3. The van der Waals surface area contributed by atoms with Crippen LogP contribution in [0.1, 0.15) is 22.9 Å². The number of hydrogen-bond acceptors (Lipinski definition) is 1. The first-order valence-corrected chi connectivity index (χ1v) is 7.07. The van der Waals surface area contributed by atoms with Crippen LogP contribution in [0.2, 0.25) is 0 Å². The molecule has 112 valence electrons. The van der Waals surface area contributed by atoms with Gasteiger partial charge >= 0.3 is 0 Å². The second-order valence-electron chi connectivity index (χ2n) is 5.30. The summed E-state index contributed by atoms with van der Waals surface area (Å²) in [5, 5.41) is 3.57. The molecular weight excluding hydrogens is 299 g/mol. The summed E-state index contributed by atoms with van der Waals surface area (Å²) in [7, 11) is 0. The van der Waals surface area contributed by atoms with Gasteiger partial charge in [0, 0.05) is 24.1 Å². The Morgan fingerprint density at radius 2 is 1.73 bits per heavy atom. The minimum absolute atomic E-state index is 0. The number of aromatic nitrogens is 1. The van der Waals surface area contributed by atoms with Crippen LogP contribution in [0.3, 0.4) is 0 Å². The smallest absolute Gasteiger partial charge is 0.123 e. The molecule has 3 aromatic rings. The molecule has 0 aliphatic carbocycles. The summed E-state index contributed by atoms with van der Waals surface area (Å²) in [6.45, 7) is 0.792. The van der Waals surface area contributed by atoms with Gasteiger partial charge in [0.25, 0.3) is 0 Å². The minimum atomic E-state index is -0.203. The third kappa shape index (κ3) is 2.43. The molecule has 22 heavy (non-hydrogen) atoms. The molecule has 1 aromatic heterocycles. The van der Waals surface area contributed by atoms with Gasteiger partial charge in [-0.1, -0.05) is 30.3 Å². The van der Waals surface area contributed by atoms with Gasteiger partial charge in [0.15, 0.2) is 0 Å². The van der Waals surface area contributed by atoms with Crippen molar-refractivity contribution >= 4 is 12.4 Å². The fourth-order valence-corrected chi connectivity index (χ4v) is 3.00. The standard InChI is InChI=1S/C18H15FN2.ClH/c19-15-9-7-13(8-10-15)18-17-6-3-11-21(17)16-5-2-1-4-14(16)12-20-18;/h1-11,18,20H,12H2;1H. The summed E-state index contributed by atoms with van der Waals surface area (Å²) in [4.78, 5) is 0. The van der Waals surface area contributed by atoms with Crippen LogP contribution >= 0.6 is 12.4 Å². The Labute approximate surface area is 135 Å². The highest BCUT2D eigenvalue weighted by Crippen LogP contribution is 2.30. The molecule has 0 bridgehead atoms. The van der Waals surface area contributed by atoms with E-state index in [4.69, 9.17) is 0 Å². The topological polar surface area (TPSA) is 17.0 Å². The largest absolute Gasteiger partial charge is 0.319 e. The van der Waals surface area contributed by atoms with Crippen molar-refractivity contribution in [3.8, 4) is 5.69 Å². The molecule has 0 saturated heterocycles. The third-order valence-corrected chi connectivity index (χ3v) is 4.03. The molecular formula is C18H16ClFN2. The fourth-order valence-electron chi connectivity index (χ4n) is 3.00. The highest BCUT2D eigenvalue weighted by Gasteiger charge is 2.22. The molecule has 1 aliphatic heterocycles. The molecule has 1 aliphatic rings. The molecule has 2 nitrogen and oxygen atoms in total. The van der Waals surface area contributed by atoms with Crippen molar-refractivity contribution in [1.82, 2.24) is 9.88 Å². The molecule has 0 spiro atoms. The van der Waals surface area contributed by atoms with Crippen LogP contribution in [0.4, 0.5) is 4.39 Å². The van der Waals surface area contributed by atoms with E-state index in [2.05, 4.69) is 52.5 Å². The Morgan fingerprint density at radius 3 is 2.55 bits per heavy atom. The zero-order valence-corrected chi connectivity index (χ0v) is 12.7. The van der Waals surface area contributed by atoms with Crippen molar-refractivity contribution in [1.29, 1.82) is 0 Å². The number of nitrogens with zero attached hydrogens (tertiary/aromatic N) is 1. The molecule has 2 heterocycles. The van der Waals surface area contributed by atoms with Gasteiger partial charge in [0.05, 0.1) is 6.04 Å². The van der Waals surface area contributed by atoms with E-state index in [9.17, 15) is 4.39 Å². The number of benzene rings is 2. The van der Waals surface area contributed by atoms with Crippen molar-refractivity contribution in [2.75, 3.05) is 0 Å². The molecule has 0 amide bonds. The molecule has 0 fully saturated rings. The molecule has 1 unspecified atom stereocenters. The molecule has 4 rings (SSSR count). The van der Waals surface area contributed by atoms with E-state index >= 15 is 0 Å². The first-order valence-electron chi connectivity index (χ1n) is 7.07. The molecule has 0 saturated carbocycles. The van der Waals surface area contributed by atoms with Crippen molar-refractivity contribution in [2.24, 2.45) is 0 Å². The maximum absolute atomic E-state index is 13.2. The fraction of sp³-hybridized carbons (Fsp3) is 0.111. The lowest BCUT2D eigenvalue weighted by Gasteiger charge is -2.18. The van der Waals surface area contributed by atoms with Crippen LogP contribution < -0.4 is 5.32 Å². The number of para-hydroxylation sites is 1. The highest BCUT2D eigenvalue weighted by atomic mass is 35.5. The van der Waals surface area contributed by atoms with Gasteiger partial charge in [-0.05, 0) is 41.5 Å². The second-order valence-corrected chi connectivity index (χ2v) is 5.30. The molecule has 1 atom stereocenters. The van der Waals surface area contributed by atoms with Gasteiger partial charge in [0.1, 0.15) is 5.82 Å². The van der Waals surface area contributed by atoms with Crippen molar-refractivity contribution < 1.29 is 4.39 Å². The van der Waals surface area contributed by atoms with Crippen LogP contribution in [0.15, 0.2) is 66.9 Å². The maximum Gasteiger partial charge on any atom is 0.123 e. The van der Waals surface area contributed by atoms with Crippen LogP contribution in [-0.2, 0) is 6.54 Å². The minimum Gasteiger partial charge on any atom is -0.319 e. The van der Waals surface area contributed by atoms with Gasteiger partial charge < -0.3 is 9.88 Å². The monoisotopic (exact) mass is 314 g/mol. The summed E-state index contributed by atoms with van der Waals surface area (Å²) in [5.74, 6) is -0.203. The van der Waals surface area contributed by atoms with Crippen molar-refractivity contribution in [3.63, 3.8) is 0 Å². The average Bonchev–Trinajstić information content (AvgIpc) is 2.93. The Hall–Kier alpha value is -2.10. The molecule has 0 radical (unpaired) electrons. The quantitative estimate of drug-likeness (QED) is 0.711. The van der Waals surface area contributed by atoms with Gasteiger partial charge in [-0.15, -0.1) is 12.4 Å². The predicted octanol–water partition coefficient (Wildman–Crippen LogP) is 4.23. The van der Waals surface area contributed by atoms with E-state index in [0.29, 0.717) is 0 Å². The van der Waals surface area contributed by atoms with Crippen molar-refractivity contribution in [2.45, 2.75) is 12.6 Å². The van der Waals surface area contributed by atoms with Gasteiger partial charge in [-0.25, -0.2) is 4.39 Å². The maximum atomic E-state index is 13.2. The zero-order valence-electron chi connectivity index (χ0n) is 11.9. The third-order valence-electron chi connectivity index (χ3n) is 4.03. The average molecular weight is 315 g/mol. The van der Waals surface area contributed by atoms with E-state index in [-0.39, 0.29) is 24.3 Å². The Balaban J connectivity index is 0.00000144. The van der Waals surface area contributed by atoms with E-state index in [1.54, 1.807) is 0 Å². The summed E-state index contributed by atoms with van der Waals surface area (Å²) in [6, 6.07) is 19.3. The zero-order chi connectivity index (χ0) is 14.2. The first kappa shape index (κ1) is 14.8. The lowest BCUT2D eigenvalue weighted by molar-refractivity contribution is 0.594. The molecule has 4 heteroatoms. The molecule has 1 N–H and O–H groups in total. The summed E-state index contributed by atoms with van der Waals surface area (Å²) in [6.07, 6.45) is 2.08. The van der Waals surface area contributed by atoms with Gasteiger partial charge in [-0.3, -0.25) is 0 Å². The normalized spacial score (nSPS) is 16.1. The van der Waals surface area contributed by atoms with E-state index < -0.39 is 0 Å². The Morgan fingerprint density at radius 1 is 0.955 bits per heavy atom. The summed E-state index contributed by atoms with van der Waals surface area (Å²) in [5.41, 5.74) is 4.71. The second kappa shape index (κ2) is 5.95. The van der Waals surface area contributed by atoms with Gasteiger partial charge in [0.2, 0.25) is 0 Å². The number of rotatable bonds is 1. The van der Waals surface area contributed by atoms with E-state index in [1.165, 1.54) is 29.1 Å². The predicted molar refractivity (Wildman–Crippen MR) is 88.1 cm³/mol. The molecule has 2 aromatic carbocycles. The van der Waals surface area contributed by atoms with Crippen LogP contribution in [0.25, 0.3) is 5.69 Å². The van der Waals surface area contributed by atoms with Crippen LogP contribution in [0, 0.1) is 5.82 Å². The number of nitrogens with one attached hydrogen (secondary N) is 1. The van der Waals surface area contributed by atoms with Gasteiger partial charge in [-0.2, -0.15) is 0 Å². The summed E-state index contributed by atoms with van der Waals surface area (Å²) < 4.78 is 15.4. The van der Waals surface area contributed by atoms with Crippen LogP contribution in [0.5, 0.6) is 0 Å². The van der Waals surface area contributed by atoms with Crippen molar-refractivity contribution in [3.05, 3.63) is 89.5 Å². The van der Waals surface area contributed by atoms with Crippen LogP contribution in [-0.4, -0.2) is 4.57 Å². The summed E-state index contributed by atoms with van der Waals surface area (Å²) >= 11 is 0. The lowest BCUT2D eigenvalue weighted by Crippen LogP contribution is -2.21. The highest BCUT2D eigenvalue weighted by molar-refractivity contribution is 5.85. The van der Waals surface area contributed by atoms with E-state index in [1.807, 2.05) is 12.1 Å². The Bertz CT molecular complexity index is 780. The lowest BCUT2D eigenvalue weighted by atomic mass is 10.0.